The molecule has 2 aliphatic rings. The molecule has 4 heterocycles. The molecule has 1 aliphatic carbocycles. The highest BCUT2D eigenvalue weighted by Gasteiger charge is 2.27. The fourth-order valence-electron chi connectivity index (χ4n) is 8.77. The summed E-state index contributed by atoms with van der Waals surface area (Å²) in [4.78, 5) is 5.40. The molecule has 258 valence electrons. The smallest absolute Gasteiger partial charge is 0.159 e. The lowest BCUT2D eigenvalue weighted by Gasteiger charge is -2.28. The summed E-state index contributed by atoms with van der Waals surface area (Å²) < 4.78 is 11.9. The van der Waals surface area contributed by atoms with Crippen LogP contribution in [0.25, 0.3) is 86.4 Å². The van der Waals surface area contributed by atoms with Gasteiger partial charge in [-0.3, -0.25) is 0 Å². The summed E-state index contributed by atoms with van der Waals surface area (Å²) in [6.07, 6.45) is 8.60. The number of furan rings is 1. The molecule has 0 saturated heterocycles. The van der Waals surface area contributed by atoms with Gasteiger partial charge in [-0.15, -0.1) is 11.3 Å². The van der Waals surface area contributed by atoms with E-state index in [1.165, 1.54) is 47.6 Å². The number of fused-ring (bicyclic) bond motifs is 11. The van der Waals surface area contributed by atoms with E-state index in [9.17, 15) is 0 Å². The molecule has 3 aromatic heterocycles. The molecule has 55 heavy (non-hydrogen) atoms. The number of amidine groups is 1. The third-order valence-electron chi connectivity index (χ3n) is 11.3. The van der Waals surface area contributed by atoms with Crippen LogP contribution in [0.1, 0.15) is 11.1 Å². The Morgan fingerprint density at radius 2 is 1.35 bits per heavy atom. The first kappa shape index (κ1) is 30.5. The Morgan fingerprint density at radius 1 is 0.582 bits per heavy atom. The van der Waals surface area contributed by atoms with Gasteiger partial charge in [0.2, 0.25) is 0 Å². The van der Waals surface area contributed by atoms with Crippen LogP contribution in [0.2, 0.25) is 0 Å². The van der Waals surface area contributed by atoms with Crippen LogP contribution >= 0.6 is 11.3 Å². The predicted octanol–water partition coefficient (Wildman–Crippen LogP) is 13.0. The lowest BCUT2D eigenvalue weighted by Crippen LogP contribution is -2.39. The Bertz CT molecular complexity index is 3340. The fraction of sp³-hybridized carbons (Fsp3) is 0.0200. The maximum atomic E-state index is 6.91. The van der Waals surface area contributed by atoms with Gasteiger partial charge in [0.25, 0.3) is 0 Å². The lowest BCUT2D eigenvalue weighted by molar-refractivity contribution is 0.666. The maximum absolute atomic E-state index is 6.91. The number of thiophene rings is 1. The number of para-hydroxylation sites is 2. The average molecular weight is 722 g/mol. The van der Waals surface area contributed by atoms with Crippen molar-refractivity contribution >= 4 is 86.8 Å². The Kier molecular flexibility index (Phi) is 6.53. The maximum Gasteiger partial charge on any atom is 0.159 e. The van der Waals surface area contributed by atoms with Crippen LogP contribution in [0.3, 0.4) is 0 Å². The van der Waals surface area contributed by atoms with Gasteiger partial charge in [-0.2, -0.15) is 0 Å². The third-order valence-corrected chi connectivity index (χ3v) is 12.5. The van der Waals surface area contributed by atoms with Crippen molar-refractivity contribution in [3.05, 3.63) is 193 Å². The molecule has 1 N–H and O–H groups in total. The third kappa shape index (κ3) is 4.54. The largest absolute Gasteiger partial charge is 0.454 e. The number of nitrogens with zero attached hydrogens (tertiary/aromatic N) is 2. The van der Waals surface area contributed by atoms with E-state index in [1.807, 2.05) is 11.3 Å². The van der Waals surface area contributed by atoms with Crippen LogP contribution in [0.4, 0.5) is 0 Å². The zero-order valence-corrected chi connectivity index (χ0v) is 30.3. The molecular formula is C50H31N3OS. The molecular weight excluding hydrogens is 691 g/mol. The zero-order chi connectivity index (χ0) is 36.0. The summed E-state index contributed by atoms with van der Waals surface area (Å²) >= 11 is 1.88. The highest BCUT2D eigenvalue weighted by Crippen LogP contribution is 2.45. The van der Waals surface area contributed by atoms with Crippen molar-refractivity contribution in [2.75, 3.05) is 0 Å². The van der Waals surface area contributed by atoms with Gasteiger partial charge in [-0.25, -0.2) is 4.99 Å². The molecule has 0 spiro atoms. The molecule has 0 saturated carbocycles. The molecule has 0 radical (unpaired) electrons. The van der Waals surface area contributed by atoms with Crippen molar-refractivity contribution < 1.29 is 4.42 Å². The fourth-order valence-corrected chi connectivity index (χ4v) is 10.0. The van der Waals surface area contributed by atoms with E-state index in [-0.39, 0.29) is 6.04 Å². The second-order valence-electron chi connectivity index (χ2n) is 14.3. The molecule has 0 fully saturated rings. The van der Waals surface area contributed by atoms with Crippen molar-refractivity contribution in [2.45, 2.75) is 6.04 Å². The van der Waals surface area contributed by atoms with Crippen molar-refractivity contribution in [1.29, 1.82) is 0 Å². The molecule has 1 atom stereocenters. The van der Waals surface area contributed by atoms with E-state index in [0.717, 1.165) is 61.4 Å². The quantitative estimate of drug-likeness (QED) is 0.197. The lowest BCUT2D eigenvalue weighted by atomic mass is 9.93. The van der Waals surface area contributed by atoms with Crippen molar-refractivity contribution in [1.82, 2.24) is 9.88 Å². The highest BCUT2D eigenvalue weighted by molar-refractivity contribution is 7.26. The first-order valence-corrected chi connectivity index (χ1v) is 19.5. The molecule has 5 heteroatoms. The second-order valence-corrected chi connectivity index (χ2v) is 15.3. The zero-order valence-electron chi connectivity index (χ0n) is 29.5. The number of rotatable bonds is 4. The minimum atomic E-state index is -0.00591. The van der Waals surface area contributed by atoms with E-state index in [4.69, 9.17) is 9.41 Å². The van der Waals surface area contributed by atoms with Gasteiger partial charge in [0, 0.05) is 58.4 Å². The number of hydrogen-bond acceptors (Lipinski definition) is 4. The molecule has 12 rings (SSSR count). The monoisotopic (exact) mass is 721 g/mol. The van der Waals surface area contributed by atoms with Crippen LogP contribution < -0.4 is 5.32 Å². The minimum Gasteiger partial charge on any atom is -0.454 e. The summed E-state index contributed by atoms with van der Waals surface area (Å²) in [5, 5.41) is 11.0. The van der Waals surface area contributed by atoms with Crippen LogP contribution in [0.15, 0.2) is 191 Å². The van der Waals surface area contributed by atoms with Crippen LogP contribution in [0, 0.1) is 0 Å². The topological polar surface area (TPSA) is 42.5 Å². The Labute approximate surface area is 320 Å². The molecule has 10 aromatic rings. The van der Waals surface area contributed by atoms with E-state index >= 15 is 0 Å². The Balaban J connectivity index is 1.05. The van der Waals surface area contributed by atoms with Crippen LogP contribution in [0.5, 0.6) is 0 Å². The van der Waals surface area contributed by atoms with Gasteiger partial charge in [0.05, 0.1) is 28.5 Å². The van der Waals surface area contributed by atoms with Gasteiger partial charge in [-0.1, -0.05) is 146 Å². The van der Waals surface area contributed by atoms with Crippen molar-refractivity contribution in [3.63, 3.8) is 0 Å². The van der Waals surface area contributed by atoms with E-state index in [1.54, 1.807) is 0 Å². The number of aromatic nitrogens is 1. The van der Waals surface area contributed by atoms with Gasteiger partial charge < -0.3 is 14.3 Å². The summed E-state index contributed by atoms with van der Waals surface area (Å²) in [5.41, 5.74) is 11.7. The van der Waals surface area contributed by atoms with Gasteiger partial charge in [-0.05, 0) is 41.5 Å². The molecule has 0 amide bonds. The Hall–Kier alpha value is -6.95. The summed E-state index contributed by atoms with van der Waals surface area (Å²) in [7, 11) is 0. The number of aliphatic imine (C=N–C) groups is 1. The van der Waals surface area contributed by atoms with Crippen molar-refractivity contribution in [3.8, 4) is 16.8 Å². The summed E-state index contributed by atoms with van der Waals surface area (Å²) in [6.45, 7) is 0. The first-order chi connectivity index (χ1) is 27.3. The highest BCUT2D eigenvalue weighted by atomic mass is 32.1. The number of allylic oxidation sites excluding steroid dienone is 2. The summed E-state index contributed by atoms with van der Waals surface area (Å²) in [5.74, 6) is 0.832. The molecule has 7 aromatic carbocycles. The normalized spacial score (nSPS) is 15.5. The SMILES string of the molecule is C1=CC2=C(c3ccc(-c4ccccc4)cc3)N=C(c3cccc4oc5c(-n6c7ccccc7c7c8sc9ccccc9c8ccc76)cccc5c34)NC2C=C1. The number of benzene rings is 7. The van der Waals surface area contributed by atoms with Gasteiger partial charge in [0.15, 0.2) is 5.58 Å². The minimum absolute atomic E-state index is 0.00591. The molecule has 4 nitrogen and oxygen atoms in total. The molecule has 1 aliphatic heterocycles. The first-order valence-electron chi connectivity index (χ1n) is 18.7. The summed E-state index contributed by atoms with van der Waals surface area (Å²) in [6, 6.07) is 54.2. The number of nitrogens with one attached hydrogen (secondary N) is 1. The van der Waals surface area contributed by atoms with Crippen LogP contribution in [-0.4, -0.2) is 16.4 Å². The molecule has 1 unspecified atom stereocenters. The van der Waals surface area contributed by atoms with Crippen molar-refractivity contribution in [2.24, 2.45) is 4.99 Å². The van der Waals surface area contributed by atoms with Gasteiger partial charge >= 0.3 is 0 Å². The number of hydrogen-bond donors (Lipinski definition) is 1. The van der Waals surface area contributed by atoms with E-state index < -0.39 is 0 Å². The molecule has 0 bridgehead atoms. The van der Waals surface area contributed by atoms with E-state index in [2.05, 4.69) is 186 Å². The second kappa shape index (κ2) is 11.8. The van der Waals surface area contributed by atoms with Gasteiger partial charge in [0.1, 0.15) is 11.4 Å². The Morgan fingerprint density at radius 3 is 2.25 bits per heavy atom. The van der Waals surface area contributed by atoms with Crippen LogP contribution in [-0.2, 0) is 0 Å². The van der Waals surface area contributed by atoms with E-state index in [0.29, 0.717) is 0 Å². The average Bonchev–Trinajstić information content (AvgIpc) is 3.93. The predicted molar refractivity (Wildman–Crippen MR) is 231 cm³/mol. The standard InChI is InChI=1S/C50H31N3OS/c1-2-12-30(13-3-1)31-24-26-32(27-25-31)47-35-15-4-7-19-39(35)51-50(52-47)38-18-11-22-43-45(38)37-17-10-21-42(48(37)54-43)53-40-20-8-5-16-36(40)46-41(53)29-28-34-33-14-6-9-23-44(33)55-49(34)46/h1-29,39H,(H,51,52).